The summed E-state index contributed by atoms with van der Waals surface area (Å²) in [7, 11) is 0. The van der Waals surface area contributed by atoms with Gasteiger partial charge in [0, 0.05) is 34.3 Å². The molecule has 3 aromatic rings. The van der Waals surface area contributed by atoms with Crippen molar-refractivity contribution >= 4 is 16.8 Å². The van der Waals surface area contributed by atoms with Gasteiger partial charge in [0.1, 0.15) is 17.7 Å². The lowest BCUT2D eigenvalue weighted by atomic mass is 9.84. The molecule has 0 saturated carbocycles. The van der Waals surface area contributed by atoms with Gasteiger partial charge in [0.25, 0.3) is 0 Å². The van der Waals surface area contributed by atoms with Crippen molar-refractivity contribution in [2.75, 3.05) is 4.90 Å². The van der Waals surface area contributed by atoms with E-state index in [0.717, 1.165) is 22.5 Å². The summed E-state index contributed by atoms with van der Waals surface area (Å²) in [6.07, 6.45) is 7.77. The summed E-state index contributed by atoms with van der Waals surface area (Å²) < 4.78 is 28.2. The predicted octanol–water partition coefficient (Wildman–Crippen LogP) is 5.40. The molecule has 0 fully saturated rings. The fourth-order valence-electron chi connectivity index (χ4n) is 4.23. The smallest absolute Gasteiger partial charge is 0.141 e. The van der Waals surface area contributed by atoms with E-state index in [1.807, 2.05) is 29.2 Å². The zero-order valence-electron chi connectivity index (χ0n) is 16.4. The lowest BCUT2D eigenvalue weighted by Gasteiger charge is -2.37. The van der Waals surface area contributed by atoms with Crippen molar-refractivity contribution in [1.82, 2.24) is 9.97 Å². The van der Waals surface area contributed by atoms with Gasteiger partial charge in [0.15, 0.2) is 0 Å². The van der Waals surface area contributed by atoms with Crippen molar-refractivity contribution in [2.45, 2.75) is 12.8 Å². The van der Waals surface area contributed by atoms with Crippen molar-refractivity contribution in [3.63, 3.8) is 0 Å². The summed E-state index contributed by atoms with van der Waals surface area (Å²) in [6, 6.07) is 11.7. The van der Waals surface area contributed by atoms with Crippen molar-refractivity contribution in [3.8, 4) is 6.07 Å². The van der Waals surface area contributed by atoms with Crippen molar-refractivity contribution in [2.24, 2.45) is 0 Å². The number of anilines is 1. The summed E-state index contributed by atoms with van der Waals surface area (Å²) in [5.74, 6) is -0.973. The Bertz CT molecular complexity index is 1330. The van der Waals surface area contributed by atoms with Gasteiger partial charge in [0.2, 0.25) is 0 Å². The molecule has 4 nitrogen and oxygen atoms in total. The maximum absolute atomic E-state index is 14.4. The van der Waals surface area contributed by atoms with Crippen LogP contribution in [0.5, 0.6) is 0 Å². The zero-order valence-corrected chi connectivity index (χ0v) is 16.4. The average Bonchev–Trinajstić information content (AvgIpc) is 2.78. The first-order valence-corrected chi connectivity index (χ1v) is 9.76. The third-order valence-electron chi connectivity index (χ3n) is 5.59. The highest BCUT2D eigenvalue weighted by atomic mass is 19.1. The standard InChI is InChI=1S/C25H16F2N4/c1-15-20(19-5-2-6-23(27)22(19)12-28)11-21-24(31(15)18-4-3-9-29-14-18)8-7-16-10-17(26)13-30-25(16)21/h2-6,9-11,13-14H,1,7-8H2. The second-order valence-corrected chi connectivity index (χ2v) is 7.35. The van der Waals surface area contributed by atoms with Gasteiger partial charge in [-0.05, 0) is 48.7 Å². The molecule has 1 aliphatic carbocycles. The summed E-state index contributed by atoms with van der Waals surface area (Å²) >= 11 is 0. The quantitative estimate of drug-likeness (QED) is 0.568. The molecule has 3 heterocycles. The first-order chi connectivity index (χ1) is 15.1. The van der Waals surface area contributed by atoms with E-state index in [-0.39, 0.29) is 11.4 Å². The van der Waals surface area contributed by atoms with Crippen LogP contribution < -0.4 is 4.90 Å². The van der Waals surface area contributed by atoms with Crippen LogP contribution >= 0.6 is 0 Å². The van der Waals surface area contributed by atoms with Crippen molar-refractivity contribution < 1.29 is 8.78 Å². The Balaban J connectivity index is 1.79. The van der Waals surface area contributed by atoms with Crippen LogP contribution in [0.15, 0.2) is 79.0 Å². The second kappa shape index (κ2) is 7.29. The van der Waals surface area contributed by atoms with Gasteiger partial charge in [0.05, 0.1) is 29.3 Å². The van der Waals surface area contributed by atoms with Crippen LogP contribution in [0.25, 0.3) is 11.1 Å². The molecule has 0 spiro atoms. The number of nitrogens with zero attached hydrogens (tertiary/aromatic N) is 4. The molecule has 150 valence electrons. The van der Waals surface area contributed by atoms with Gasteiger partial charge < -0.3 is 4.90 Å². The minimum Gasteiger partial charge on any atom is -0.312 e. The van der Waals surface area contributed by atoms with E-state index < -0.39 is 5.82 Å². The van der Waals surface area contributed by atoms with E-state index in [0.29, 0.717) is 35.4 Å². The highest BCUT2D eigenvalue weighted by Crippen LogP contribution is 2.45. The predicted molar refractivity (Wildman–Crippen MR) is 114 cm³/mol. The fourth-order valence-corrected chi connectivity index (χ4v) is 4.23. The Labute approximate surface area is 178 Å². The van der Waals surface area contributed by atoms with Crippen LogP contribution in [0.4, 0.5) is 14.5 Å². The molecule has 0 bridgehead atoms. The topological polar surface area (TPSA) is 52.8 Å². The fraction of sp³-hybridized carbons (Fsp3) is 0.0800. The zero-order chi connectivity index (χ0) is 21.5. The number of halogens is 2. The van der Waals surface area contributed by atoms with E-state index in [2.05, 4.69) is 16.5 Å². The molecule has 0 unspecified atom stereocenters. The third-order valence-corrected chi connectivity index (χ3v) is 5.59. The largest absolute Gasteiger partial charge is 0.312 e. The SMILES string of the molecule is C=C1C(c2cccc(F)c2C#N)=CC2=C(CCc3cc(F)cnc32)N1c1cccnc1. The number of nitriles is 1. The van der Waals surface area contributed by atoms with E-state index in [1.54, 1.807) is 24.5 Å². The third kappa shape index (κ3) is 3.03. The van der Waals surface area contributed by atoms with Gasteiger partial charge in [-0.1, -0.05) is 18.7 Å². The van der Waals surface area contributed by atoms with Crippen LogP contribution in [-0.2, 0) is 6.42 Å². The summed E-state index contributed by atoms with van der Waals surface area (Å²) in [4.78, 5) is 10.6. The number of pyridine rings is 2. The normalized spacial score (nSPS) is 15.2. The van der Waals surface area contributed by atoms with Crippen LogP contribution in [0.3, 0.4) is 0 Å². The maximum atomic E-state index is 14.4. The maximum Gasteiger partial charge on any atom is 0.141 e. The number of fused-ring (bicyclic) bond motifs is 2. The van der Waals surface area contributed by atoms with Crippen LogP contribution in [0, 0.1) is 23.0 Å². The molecule has 1 aromatic carbocycles. The molecule has 5 rings (SSSR count). The number of hydrogen-bond donors (Lipinski definition) is 0. The molecular weight excluding hydrogens is 394 g/mol. The lowest BCUT2D eigenvalue weighted by molar-refractivity contribution is 0.616. The molecule has 0 N–H and O–H groups in total. The molecule has 2 aromatic heterocycles. The lowest BCUT2D eigenvalue weighted by Crippen LogP contribution is -2.29. The van der Waals surface area contributed by atoms with Gasteiger partial charge in [-0.15, -0.1) is 0 Å². The number of aromatic nitrogens is 2. The summed E-state index contributed by atoms with van der Waals surface area (Å²) in [5, 5.41) is 9.58. The Kier molecular flexibility index (Phi) is 4.45. The van der Waals surface area contributed by atoms with Crippen LogP contribution in [0.1, 0.15) is 28.8 Å². The number of rotatable bonds is 2. The minimum atomic E-state index is -0.592. The average molecular weight is 410 g/mol. The summed E-state index contributed by atoms with van der Waals surface area (Å²) in [6.45, 7) is 4.28. The molecule has 1 aliphatic heterocycles. The second-order valence-electron chi connectivity index (χ2n) is 7.35. The summed E-state index contributed by atoms with van der Waals surface area (Å²) in [5.41, 5.74) is 5.67. The molecular formula is C25H16F2N4. The molecule has 2 aliphatic rings. The first-order valence-electron chi connectivity index (χ1n) is 9.76. The highest BCUT2D eigenvalue weighted by molar-refractivity contribution is 5.99. The van der Waals surface area contributed by atoms with Gasteiger partial charge in [-0.2, -0.15) is 5.26 Å². The van der Waals surface area contributed by atoms with Gasteiger partial charge in [-0.3, -0.25) is 9.97 Å². The highest BCUT2D eigenvalue weighted by Gasteiger charge is 2.32. The van der Waals surface area contributed by atoms with Crippen molar-refractivity contribution in [3.05, 3.63) is 113 Å². The molecule has 31 heavy (non-hydrogen) atoms. The molecule has 0 radical (unpaired) electrons. The number of benzene rings is 1. The van der Waals surface area contributed by atoms with Crippen LogP contribution in [-0.4, -0.2) is 9.97 Å². The number of allylic oxidation sites excluding steroid dienone is 4. The first kappa shape index (κ1) is 18.9. The van der Waals surface area contributed by atoms with Crippen LogP contribution in [0.2, 0.25) is 0 Å². The molecule has 0 amide bonds. The van der Waals surface area contributed by atoms with Crippen molar-refractivity contribution in [1.29, 1.82) is 5.26 Å². The van der Waals surface area contributed by atoms with E-state index in [9.17, 15) is 14.0 Å². The number of aryl methyl sites for hydroxylation is 1. The minimum absolute atomic E-state index is 0.0480. The molecule has 0 atom stereocenters. The Morgan fingerprint density at radius 3 is 2.74 bits per heavy atom. The molecule has 0 saturated heterocycles. The Morgan fingerprint density at radius 1 is 1.10 bits per heavy atom. The van der Waals surface area contributed by atoms with Gasteiger partial charge >= 0.3 is 0 Å². The molecule has 6 heteroatoms. The Hall–Kier alpha value is -4.11. The van der Waals surface area contributed by atoms with E-state index >= 15 is 0 Å². The monoisotopic (exact) mass is 410 g/mol. The van der Waals surface area contributed by atoms with E-state index in [1.165, 1.54) is 18.3 Å². The van der Waals surface area contributed by atoms with E-state index in [4.69, 9.17) is 0 Å². The van der Waals surface area contributed by atoms with Gasteiger partial charge in [-0.25, -0.2) is 8.78 Å². The number of hydrogen-bond acceptors (Lipinski definition) is 4. The Morgan fingerprint density at radius 2 is 1.97 bits per heavy atom.